The Kier molecular flexibility index (Phi) is 5.31. The second-order valence-corrected chi connectivity index (χ2v) is 6.35. The Balaban J connectivity index is 1.55. The first-order valence-corrected chi connectivity index (χ1v) is 8.35. The van der Waals surface area contributed by atoms with E-state index in [4.69, 9.17) is 11.6 Å². The van der Waals surface area contributed by atoms with Gasteiger partial charge in [-0.05, 0) is 43.5 Å². The number of carbonyl (C=O) groups excluding carboxylic acids is 1. The number of piperidine rings is 1. The Morgan fingerprint density at radius 2 is 2.30 bits per heavy atom. The van der Waals surface area contributed by atoms with Crippen LogP contribution in [0.3, 0.4) is 0 Å². The van der Waals surface area contributed by atoms with E-state index < -0.39 is 0 Å². The molecule has 2 heterocycles. The average Bonchev–Trinajstić information content (AvgIpc) is 3.04. The standard InChI is InChI=1S/C17H21ClN4O/c18-16-6-2-1-5-14(16)11-22-12-15(10-21-22)17(23)20-9-13-4-3-7-19-8-13/h1-2,5-6,10,12-13,19H,3-4,7-9,11H2,(H,20,23). The third kappa shape index (κ3) is 4.33. The van der Waals surface area contributed by atoms with Gasteiger partial charge in [-0.2, -0.15) is 5.10 Å². The highest BCUT2D eigenvalue weighted by Gasteiger charge is 2.15. The summed E-state index contributed by atoms with van der Waals surface area (Å²) in [6.45, 7) is 3.33. The van der Waals surface area contributed by atoms with Crippen LogP contribution < -0.4 is 10.6 Å². The molecule has 0 aliphatic carbocycles. The van der Waals surface area contributed by atoms with Gasteiger partial charge < -0.3 is 10.6 Å². The van der Waals surface area contributed by atoms with Crippen molar-refractivity contribution < 1.29 is 4.79 Å². The summed E-state index contributed by atoms with van der Waals surface area (Å²) in [6, 6.07) is 7.65. The lowest BCUT2D eigenvalue weighted by Gasteiger charge is -2.22. The van der Waals surface area contributed by atoms with Crippen LogP contribution in [-0.4, -0.2) is 35.3 Å². The number of halogens is 1. The number of hydrogen-bond donors (Lipinski definition) is 2. The highest BCUT2D eigenvalue weighted by molar-refractivity contribution is 6.31. The van der Waals surface area contributed by atoms with Gasteiger partial charge in [-0.3, -0.25) is 9.48 Å². The third-order valence-electron chi connectivity index (χ3n) is 4.14. The summed E-state index contributed by atoms with van der Waals surface area (Å²) in [5, 5.41) is 11.3. The Bertz CT molecular complexity index is 664. The molecule has 1 aromatic carbocycles. The van der Waals surface area contributed by atoms with Crippen LogP contribution in [0.25, 0.3) is 0 Å². The van der Waals surface area contributed by atoms with Crippen LogP contribution in [0.5, 0.6) is 0 Å². The van der Waals surface area contributed by atoms with Crippen molar-refractivity contribution in [1.29, 1.82) is 0 Å². The van der Waals surface area contributed by atoms with E-state index in [2.05, 4.69) is 15.7 Å². The predicted octanol–water partition coefficient (Wildman–Crippen LogP) is 2.31. The summed E-state index contributed by atoms with van der Waals surface area (Å²) in [5.41, 5.74) is 1.57. The summed E-state index contributed by atoms with van der Waals surface area (Å²) in [7, 11) is 0. The van der Waals surface area contributed by atoms with E-state index in [1.807, 2.05) is 24.3 Å². The molecule has 1 atom stereocenters. The molecule has 1 saturated heterocycles. The zero-order valence-electron chi connectivity index (χ0n) is 13.0. The van der Waals surface area contributed by atoms with E-state index in [0.29, 0.717) is 29.6 Å². The van der Waals surface area contributed by atoms with Gasteiger partial charge in [-0.1, -0.05) is 29.8 Å². The van der Waals surface area contributed by atoms with Crippen molar-refractivity contribution in [2.75, 3.05) is 19.6 Å². The van der Waals surface area contributed by atoms with Crippen LogP contribution in [0.1, 0.15) is 28.8 Å². The van der Waals surface area contributed by atoms with Crippen LogP contribution in [-0.2, 0) is 6.54 Å². The van der Waals surface area contributed by atoms with Crippen LogP contribution >= 0.6 is 11.6 Å². The molecular formula is C17H21ClN4O. The molecule has 1 aliphatic heterocycles. The topological polar surface area (TPSA) is 59.0 Å². The molecule has 3 rings (SSSR count). The summed E-state index contributed by atoms with van der Waals surface area (Å²) >= 11 is 6.15. The number of hydrogen-bond acceptors (Lipinski definition) is 3. The van der Waals surface area contributed by atoms with Crippen LogP contribution in [0.4, 0.5) is 0 Å². The first-order chi connectivity index (χ1) is 11.2. The molecule has 1 amide bonds. The average molecular weight is 333 g/mol. The van der Waals surface area contributed by atoms with Gasteiger partial charge in [-0.15, -0.1) is 0 Å². The second kappa shape index (κ2) is 7.62. The van der Waals surface area contributed by atoms with Gasteiger partial charge in [0.25, 0.3) is 5.91 Å². The van der Waals surface area contributed by atoms with Gasteiger partial charge in [0, 0.05) is 17.8 Å². The first-order valence-electron chi connectivity index (χ1n) is 7.97. The smallest absolute Gasteiger partial charge is 0.254 e. The molecule has 23 heavy (non-hydrogen) atoms. The molecule has 0 radical (unpaired) electrons. The fourth-order valence-corrected chi connectivity index (χ4v) is 3.00. The van der Waals surface area contributed by atoms with E-state index in [1.165, 1.54) is 12.8 Å². The van der Waals surface area contributed by atoms with Crippen molar-refractivity contribution >= 4 is 17.5 Å². The third-order valence-corrected chi connectivity index (χ3v) is 4.50. The predicted molar refractivity (Wildman–Crippen MR) is 90.7 cm³/mol. The summed E-state index contributed by atoms with van der Waals surface area (Å²) in [4.78, 5) is 12.2. The molecule has 1 aliphatic rings. The Labute approximate surface area is 141 Å². The minimum Gasteiger partial charge on any atom is -0.352 e. The Morgan fingerprint density at radius 3 is 3.09 bits per heavy atom. The molecule has 6 heteroatoms. The maximum atomic E-state index is 12.2. The summed E-state index contributed by atoms with van der Waals surface area (Å²) < 4.78 is 1.73. The lowest BCUT2D eigenvalue weighted by Crippen LogP contribution is -2.38. The van der Waals surface area contributed by atoms with E-state index in [9.17, 15) is 4.79 Å². The highest BCUT2D eigenvalue weighted by atomic mass is 35.5. The van der Waals surface area contributed by atoms with E-state index in [0.717, 1.165) is 18.7 Å². The monoisotopic (exact) mass is 332 g/mol. The number of nitrogens with one attached hydrogen (secondary N) is 2. The van der Waals surface area contributed by atoms with Gasteiger partial charge in [-0.25, -0.2) is 0 Å². The zero-order valence-corrected chi connectivity index (χ0v) is 13.7. The molecule has 0 saturated carbocycles. The Morgan fingerprint density at radius 1 is 1.43 bits per heavy atom. The SMILES string of the molecule is O=C(NCC1CCCNC1)c1cnn(Cc2ccccc2Cl)c1. The molecule has 2 N–H and O–H groups in total. The normalized spacial score (nSPS) is 17.9. The van der Waals surface area contributed by atoms with E-state index in [1.54, 1.807) is 17.1 Å². The fraction of sp³-hybridized carbons (Fsp3) is 0.412. The lowest BCUT2D eigenvalue weighted by atomic mass is 10.00. The number of rotatable bonds is 5. The minimum absolute atomic E-state index is 0.0685. The summed E-state index contributed by atoms with van der Waals surface area (Å²) in [5.74, 6) is 0.451. The summed E-state index contributed by atoms with van der Waals surface area (Å²) in [6.07, 6.45) is 5.71. The molecular weight excluding hydrogens is 312 g/mol. The Hall–Kier alpha value is -1.85. The van der Waals surface area contributed by atoms with Crippen molar-refractivity contribution in [3.05, 3.63) is 52.8 Å². The van der Waals surface area contributed by atoms with Crippen molar-refractivity contribution in [2.45, 2.75) is 19.4 Å². The van der Waals surface area contributed by atoms with E-state index in [-0.39, 0.29) is 5.91 Å². The molecule has 2 aromatic rings. The van der Waals surface area contributed by atoms with Crippen LogP contribution in [0, 0.1) is 5.92 Å². The minimum atomic E-state index is -0.0685. The van der Waals surface area contributed by atoms with Gasteiger partial charge in [0.1, 0.15) is 0 Å². The maximum absolute atomic E-state index is 12.2. The van der Waals surface area contributed by atoms with Crippen molar-refractivity contribution in [3.63, 3.8) is 0 Å². The molecule has 0 bridgehead atoms. The van der Waals surface area contributed by atoms with Crippen molar-refractivity contribution in [3.8, 4) is 0 Å². The first kappa shape index (κ1) is 16.0. The van der Waals surface area contributed by atoms with Gasteiger partial charge in [0.2, 0.25) is 0 Å². The van der Waals surface area contributed by atoms with Crippen molar-refractivity contribution in [2.24, 2.45) is 5.92 Å². The molecule has 1 aromatic heterocycles. The van der Waals surface area contributed by atoms with Crippen LogP contribution in [0.15, 0.2) is 36.7 Å². The van der Waals surface area contributed by atoms with Crippen molar-refractivity contribution in [1.82, 2.24) is 20.4 Å². The molecule has 5 nitrogen and oxygen atoms in total. The highest BCUT2D eigenvalue weighted by Crippen LogP contribution is 2.16. The lowest BCUT2D eigenvalue weighted by molar-refractivity contribution is 0.0944. The largest absolute Gasteiger partial charge is 0.352 e. The fourth-order valence-electron chi connectivity index (χ4n) is 2.81. The van der Waals surface area contributed by atoms with Gasteiger partial charge in [0.15, 0.2) is 0 Å². The number of benzene rings is 1. The quantitative estimate of drug-likeness (QED) is 0.883. The van der Waals surface area contributed by atoms with Gasteiger partial charge in [0.05, 0.1) is 18.3 Å². The number of aromatic nitrogens is 2. The molecule has 122 valence electrons. The van der Waals surface area contributed by atoms with E-state index >= 15 is 0 Å². The van der Waals surface area contributed by atoms with Crippen LogP contribution in [0.2, 0.25) is 5.02 Å². The molecule has 0 spiro atoms. The molecule has 1 unspecified atom stereocenters. The maximum Gasteiger partial charge on any atom is 0.254 e. The second-order valence-electron chi connectivity index (χ2n) is 5.94. The molecule has 1 fully saturated rings. The van der Waals surface area contributed by atoms with Gasteiger partial charge >= 0.3 is 0 Å². The number of amides is 1. The number of nitrogens with zero attached hydrogens (tertiary/aromatic N) is 2. The number of carbonyl (C=O) groups is 1. The zero-order chi connectivity index (χ0) is 16.1.